The van der Waals surface area contributed by atoms with Crippen molar-refractivity contribution in [2.75, 3.05) is 6.67 Å². The molecule has 0 unspecified atom stereocenters. The van der Waals surface area contributed by atoms with Crippen LogP contribution in [0.25, 0.3) is 0 Å². The number of halogens is 5. The van der Waals surface area contributed by atoms with Crippen molar-refractivity contribution in [2.24, 2.45) is 5.73 Å². The Kier molecular flexibility index (Phi) is 3.85. The van der Waals surface area contributed by atoms with Crippen LogP contribution in [0.3, 0.4) is 0 Å². The first kappa shape index (κ1) is 12.9. The molecule has 16 heavy (non-hydrogen) atoms. The Balaban J connectivity index is 3.07. The van der Waals surface area contributed by atoms with Crippen molar-refractivity contribution >= 4 is 0 Å². The van der Waals surface area contributed by atoms with Crippen LogP contribution in [0.15, 0.2) is 18.2 Å². The molecule has 0 aliphatic carbocycles. The molecule has 1 atom stereocenters. The smallest absolute Gasteiger partial charge is 0.324 e. The maximum absolute atomic E-state index is 12.9. The minimum Gasteiger partial charge on any atom is -0.324 e. The van der Waals surface area contributed by atoms with Gasteiger partial charge in [-0.15, -0.1) is 0 Å². The van der Waals surface area contributed by atoms with Gasteiger partial charge >= 0.3 is 6.18 Å². The third kappa shape index (κ3) is 2.91. The van der Waals surface area contributed by atoms with E-state index in [1.807, 2.05) is 0 Å². The van der Waals surface area contributed by atoms with Crippen LogP contribution in [0.1, 0.15) is 23.6 Å². The van der Waals surface area contributed by atoms with Crippen molar-refractivity contribution in [1.82, 2.24) is 0 Å². The van der Waals surface area contributed by atoms with Crippen LogP contribution in [0.5, 0.6) is 0 Å². The lowest BCUT2D eigenvalue weighted by Crippen LogP contribution is -2.14. The monoisotopic (exact) mass is 239 g/mol. The molecule has 0 saturated heterocycles. The zero-order valence-corrected chi connectivity index (χ0v) is 8.19. The summed E-state index contributed by atoms with van der Waals surface area (Å²) in [6, 6.07) is 1.59. The summed E-state index contributed by atoms with van der Waals surface area (Å²) in [4.78, 5) is 0. The largest absolute Gasteiger partial charge is 0.419 e. The summed E-state index contributed by atoms with van der Waals surface area (Å²) in [5, 5.41) is 0. The van der Waals surface area contributed by atoms with Crippen LogP contribution in [-0.4, -0.2) is 6.67 Å². The van der Waals surface area contributed by atoms with Gasteiger partial charge < -0.3 is 5.73 Å². The Bertz CT molecular complexity index is 361. The molecule has 0 radical (unpaired) electrons. The van der Waals surface area contributed by atoms with Crippen LogP contribution in [0.2, 0.25) is 0 Å². The average molecular weight is 239 g/mol. The molecule has 0 amide bonds. The molecule has 0 spiro atoms. The molecule has 0 bridgehead atoms. The molecule has 6 heteroatoms. The molecule has 1 aromatic rings. The SMILES string of the molecule is N[C@H](CCF)c1ccc(F)c(C(F)(F)F)c1. The maximum Gasteiger partial charge on any atom is 0.419 e. The van der Waals surface area contributed by atoms with Gasteiger partial charge in [0.1, 0.15) is 5.82 Å². The highest BCUT2D eigenvalue weighted by Gasteiger charge is 2.34. The summed E-state index contributed by atoms with van der Waals surface area (Å²) in [6.45, 7) is -0.736. The normalized spacial score (nSPS) is 13.9. The number of alkyl halides is 4. The van der Waals surface area contributed by atoms with E-state index in [0.29, 0.717) is 12.1 Å². The van der Waals surface area contributed by atoms with E-state index in [4.69, 9.17) is 5.73 Å². The van der Waals surface area contributed by atoms with E-state index in [1.165, 1.54) is 0 Å². The summed E-state index contributed by atoms with van der Waals surface area (Å²) >= 11 is 0. The summed E-state index contributed by atoms with van der Waals surface area (Å²) in [5.41, 5.74) is 4.14. The molecular weight excluding hydrogens is 229 g/mol. The highest BCUT2D eigenvalue weighted by Crippen LogP contribution is 2.33. The first-order chi connectivity index (χ1) is 7.36. The summed E-state index contributed by atoms with van der Waals surface area (Å²) in [6.07, 6.45) is -4.86. The van der Waals surface area contributed by atoms with Gasteiger partial charge in [0.2, 0.25) is 0 Å². The van der Waals surface area contributed by atoms with Crippen LogP contribution >= 0.6 is 0 Å². The Morgan fingerprint density at radius 1 is 1.25 bits per heavy atom. The minimum atomic E-state index is -4.77. The van der Waals surface area contributed by atoms with Gasteiger partial charge in [0.05, 0.1) is 12.2 Å². The molecule has 0 fully saturated rings. The van der Waals surface area contributed by atoms with E-state index in [9.17, 15) is 22.0 Å². The quantitative estimate of drug-likeness (QED) is 0.805. The van der Waals surface area contributed by atoms with Crippen molar-refractivity contribution in [3.05, 3.63) is 35.1 Å². The summed E-state index contributed by atoms with van der Waals surface area (Å²) < 4.78 is 61.8. The fraction of sp³-hybridized carbons (Fsp3) is 0.400. The first-order valence-electron chi connectivity index (χ1n) is 4.54. The predicted molar refractivity (Wildman–Crippen MR) is 48.9 cm³/mol. The zero-order valence-electron chi connectivity index (χ0n) is 8.19. The highest BCUT2D eigenvalue weighted by molar-refractivity contribution is 5.29. The van der Waals surface area contributed by atoms with E-state index in [-0.39, 0.29) is 12.0 Å². The number of rotatable bonds is 3. The molecular formula is C10H10F5N. The number of benzene rings is 1. The van der Waals surface area contributed by atoms with Crippen LogP contribution in [0, 0.1) is 5.82 Å². The minimum absolute atomic E-state index is 0.0753. The molecule has 0 heterocycles. The molecule has 1 rings (SSSR count). The van der Waals surface area contributed by atoms with Crippen LogP contribution < -0.4 is 5.73 Å². The van der Waals surface area contributed by atoms with E-state index < -0.39 is 30.3 Å². The summed E-state index contributed by atoms with van der Waals surface area (Å²) in [5.74, 6) is -1.36. The van der Waals surface area contributed by atoms with Crippen molar-refractivity contribution in [1.29, 1.82) is 0 Å². The third-order valence-electron chi connectivity index (χ3n) is 2.14. The molecule has 0 aromatic heterocycles. The van der Waals surface area contributed by atoms with Crippen molar-refractivity contribution < 1.29 is 22.0 Å². The molecule has 90 valence electrons. The topological polar surface area (TPSA) is 26.0 Å². The second-order valence-electron chi connectivity index (χ2n) is 3.32. The van der Waals surface area contributed by atoms with Gasteiger partial charge in [0.15, 0.2) is 0 Å². The van der Waals surface area contributed by atoms with Gasteiger partial charge in [0, 0.05) is 6.04 Å². The standard InChI is InChI=1S/C10H10F5N/c11-4-3-9(16)6-1-2-8(12)7(5-6)10(13,14)15/h1-2,5,9H,3-4,16H2/t9-/m1/s1. The van der Waals surface area contributed by atoms with E-state index in [0.717, 1.165) is 6.07 Å². The lowest BCUT2D eigenvalue weighted by molar-refractivity contribution is -0.140. The fourth-order valence-corrected chi connectivity index (χ4v) is 1.27. The molecule has 1 aromatic carbocycles. The fourth-order valence-electron chi connectivity index (χ4n) is 1.27. The van der Waals surface area contributed by atoms with E-state index in [2.05, 4.69) is 0 Å². The Morgan fingerprint density at radius 3 is 2.38 bits per heavy atom. The number of nitrogens with two attached hydrogens (primary N) is 1. The Labute approximate surface area is 89.1 Å². The number of hydrogen-bond acceptors (Lipinski definition) is 1. The van der Waals surface area contributed by atoms with Crippen molar-refractivity contribution in [2.45, 2.75) is 18.6 Å². The lowest BCUT2D eigenvalue weighted by atomic mass is 10.0. The summed E-state index contributed by atoms with van der Waals surface area (Å²) in [7, 11) is 0. The van der Waals surface area contributed by atoms with Crippen molar-refractivity contribution in [3.8, 4) is 0 Å². The van der Waals surface area contributed by atoms with E-state index >= 15 is 0 Å². The number of hydrogen-bond donors (Lipinski definition) is 1. The predicted octanol–water partition coefficient (Wildman–Crippen LogP) is 3.20. The van der Waals surface area contributed by atoms with Crippen molar-refractivity contribution in [3.63, 3.8) is 0 Å². The van der Waals surface area contributed by atoms with Gasteiger partial charge in [-0.1, -0.05) is 6.07 Å². The Hall–Kier alpha value is -1.17. The third-order valence-corrected chi connectivity index (χ3v) is 2.14. The van der Waals surface area contributed by atoms with Gasteiger partial charge in [-0.25, -0.2) is 4.39 Å². The van der Waals surface area contributed by atoms with Crippen LogP contribution in [0.4, 0.5) is 22.0 Å². The van der Waals surface area contributed by atoms with E-state index in [1.54, 1.807) is 0 Å². The highest BCUT2D eigenvalue weighted by atomic mass is 19.4. The van der Waals surface area contributed by atoms with Gasteiger partial charge in [-0.3, -0.25) is 4.39 Å². The lowest BCUT2D eigenvalue weighted by Gasteiger charge is -2.13. The molecule has 2 N–H and O–H groups in total. The first-order valence-corrected chi connectivity index (χ1v) is 4.54. The van der Waals surface area contributed by atoms with Crippen LogP contribution in [-0.2, 0) is 6.18 Å². The van der Waals surface area contributed by atoms with Gasteiger partial charge in [0.25, 0.3) is 0 Å². The molecule has 0 aliphatic heterocycles. The Morgan fingerprint density at radius 2 is 1.88 bits per heavy atom. The second kappa shape index (κ2) is 4.78. The van der Waals surface area contributed by atoms with Gasteiger partial charge in [-0.05, 0) is 24.1 Å². The molecule has 0 aliphatic rings. The van der Waals surface area contributed by atoms with Gasteiger partial charge in [-0.2, -0.15) is 13.2 Å². The second-order valence-corrected chi connectivity index (χ2v) is 3.32. The average Bonchev–Trinajstić information content (AvgIpc) is 2.16. The molecule has 0 saturated carbocycles. The maximum atomic E-state index is 12.9. The molecule has 1 nitrogen and oxygen atoms in total. The zero-order chi connectivity index (χ0) is 12.3.